The van der Waals surface area contributed by atoms with Gasteiger partial charge >= 0.3 is 6.03 Å². The second-order valence-corrected chi connectivity index (χ2v) is 8.38. The lowest BCUT2D eigenvalue weighted by molar-refractivity contribution is 0.212. The van der Waals surface area contributed by atoms with Gasteiger partial charge in [-0.25, -0.2) is 4.79 Å². The molecule has 2 amide bonds. The highest BCUT2D eigenvalue weighted by atomic mass is 16.2. The Bertz CT molecular complexity index is 799. The van der Waals surface area contributed by atoms with Crippen LogP contribution in [-0.2, 0) is 0 Å². The van der Waals surface area contributed by atoms with Crippen molar-refractivity contribution in [2.45, 2.75) is 44.3 Å². The molecule has 2 saturated heterocycles. The first-order chi connectivity index (χ1) is 14.1. The molecule has 4 rings (SSSR count). The minimum absolute atomic E-state index is 0.164. The zero-order valence-corrected chi connectivity index (χ0v) is 17.4. The number of piperidine rings is 1. The van der Waals surface area contributed by atoms with Crippen LogP contribution in [0.2, 0.25) is 0 Å². The molecule has 0 spiro atoms. The molecule has 2 aliphatic heterocycles. The lowest BCUT2D eigenvalue weighted by Crippen LogP contribution is -2.40. The first-order valence-electron chi connectivity index (χ1n) is 10.7. The SMILES string of the molecule is CC(c1ccccc1)N1CCC(NC(=O)Nc2ccn(C3CCN(C)CC3)n2)C1. The molecule has 2 N–H and O–H groups in total. The number of hydrogen-bond acceptors (Lipinski definition) is 4. The summed E-state index contributed by atoms with van der Waals surface area (Å²) >= 11 is 0. The van der Waals surface area contributed by atoms with Crippen LogP contribution in [0.4, 0.5) is 10.6 Å². The van der Waals surface area contributed by atoms with Gasteiger partial charge in [0.2, 0.25) is 0 Å². The molecular weight excluding hydrogens is 364 g/mol. The minimum atomic E-state index is -0.169. The highest BCUT2D eigenvalue weighted by molar-refractivity contribution is 5.88. The number of urea groups is 1. The third-order valence-corrected chi connectivity index (χ3v) is 6.30. The van der Waals surface area contributed by atoms with Gasteiger partial charge < -0.3 is 10.2 Å². The van der Waals surface area contributed by atoms with Crippen LogP contribution in [0.1, 0.15) is 43.8 Å². The Balaban J connectivity index is 1.25. The van der Waals surface area contributed by atoms with Crippen LogP contribution in [0.3, 0.4) is 0 Å². The van der Waals surface area contributed by atoms with E-state index in [0.29, 0.717) is 17.9 Å². The van der Waals surface area contributed by atoms with Crippen molar-refractivity contribution in [2.24, 2.45) is 0 Å². The molecule has 2 aromatic rings. The van der Waals surface area contributed by atoms with Crippen LogP contribution < -0.4 is 10.6 Å². The molecule has 1 aromatic heterocycles. The van der Waals surface area contributed by atoms with Crippen molar-refractivity contribution in [1.82, 2.24) is 24.9 Å². The summed E-state index contributed by atoms with van der Waals surface area (Å²) in [5.74, 6) is 0.619. The highest BCUT2D eigenvalue weighted by Crippen LogP contribution is 2.25. The average molecular weight is 397 g/mol. The van der Waals surface area contributed by atoms with Gasteiger partial charge in [0.05, 0.1) is 6.04 Å². The number of anilines is 1. The third kappa shape index (κ3) is 4.97. The van der Waals surface area contributed by atoms with E-state index in [1.165, 1.54) is 5.56 Å². The largest absolute Gasteiger partial charge is 0.334 e. The average Bonchev–Trinajstić information content (AvgIpc) is 3.38. The molecule has 0 saturated carbocycles. The molecule has 0 aliphatic carbocycles. The van der Waals surface area contributed by atoms with Gasteiger partial charge in [-0.05, 0) is 51.9 Å². The van der Waals surface area contributed by atoms with E-state index in [-0.39, 0.29) is 12.1 Å². The third-order valence-electron chi connectivity index (χ3n) is 6.30. The molecule has 2 aliphatic rings. The molecule has 2 fully saturated rings. The van der Waals surface area contributed by atoms with Gasteiger partial charge in [0.15, 0.2) is 5.82 Å². The second kappa shape index (κ2) is 8.97. The number of hydrogen-bond donors (Lipinski definition) is 2. The Kier molecular flexibility index (Phi) is 6.16. The number of carbonyl (C=O) groups excluding carboxylic acids is 1. The van der Waals surface area contributed by atoms with Gasteiger partial charge in [-0.3, -0.25) is 14.9 Å². The van der Waals surface area contributed by atoms with Gasteiger partial charge in [-0.2, -0.15) is 5.10 Å². The Hall–Kier alpha value is -2.38. The summed E-state index contributed by atoms with van der Waals surface area (Å²) < 4.78 is 2.00. The summed E-state index contributed by atoms with van der Waals surface area (Å²) in [6, 6.07) is 13.2. The highest BCUT2D eigenvalue weighted by Gasteiger charge is 2.28. The predicted octanol–water partition coefficient (Wildman–Crippen LogP) is 3.11. The van der Waals surface area contributed by atoms with Crippen LogP contribution in [0, 0.1) is 0 Å². The number of carbonyl (C=O) groups is 1. The van der Waals surface area contributed by atoms with Gasteiger partial charge in [-0.1, -0.05) is 30.3 Å². The fraction of sp³-hybridized carbons (Fsp3) is 0.545. The molecule has 2 atom stereocenters. The Morgan fingerprint density at radius 1 is 1.10 bits per heavy atom. The molecule has 7 heteroatoms. The summed E-state index contributed by atoms with van der Waals surface area (Å²) in [5.41, 5.74) is 1.32. The van der Waals surface area contributed by atoms with Gasteiger partial charge in [0, 0.05) is 37.4 Å². The van der Waals surface area contributed by atoms with E-state index in [1.807, 2.05) is 23.0 Å². The summed E-state index contributed by atoms with van der Waals surface area (Å²) in [7, 11) is 2.15. The van der Waals surface area contributed by atoms with Crippen molar-refractivity contribution in [3.05, 3.63) is 48.2 Å². The van der Waals surface area contributed by atoms with Gasteiger partial charge in [-0.15, -0.1) is 0 Å². The number of rotatable bonds is 5. The lowest BCUT2D eigenvalue weighted by atomic mass is 10.1. The predicted molar refractivity (Wildman–Crippen MR) is 115 cm³/mol. The van der Waals surface area contributed by atoms with E-state index < -0.39 is 0 Å². The van der Waals surface area contributed by atoms with E-state index in [2.05, 4.69) is 63.8 Å². The maximum atomic E-state index is 12.4. The number of likely N-dealkylation sites (tertiary alicyclic amines) is 2. The Morgan fingerprint density at radius 3 is 2.62 bits per heavy atom. The van der Waals surface area contributed by atoms with Crippen LogP contribution in [-0.4, -0.2) is 64.9 Å². The topological polar surface area (TPSA) is 65.4 Å². The van der Waals surface area contributed by atoms with Crippen molar-refractivity contribution < 1.29 is 4.79 Å². The number of benzene rings is 1. The van der Waals surface area contributed by atoms with E-state index in [0.717, 1.165) is 45.4 Å². The quantitative estimate of drug-likeness (QED) is 0.815. The van der Waals surface area contributed by atoms with Crippen LogP contribution in [0.15, 0.2) is 42.6 Å². The fourth-order valence-electron chi connectivity index (χ4n) is 4.40. The van der Waals surface area contributed by atoms with Crippen molar-refractivity contribution in [3.8, 4) is 0 Å². The van der Waals surface area contributed by atoms with Crippen molar-refractivity contribution in [3.63, 3.8) is 0 Å². The maximum Gasteiger partial charge on any atom is 0.320 e. The minimum Gasteiger partial charge on any atom is -0.334 e. The molecule has 1 aromatic carbocycles. The Labute approximate surface area is 173 Å². The standard InChI is InChI=1S/C22H32N6O/c1-17(18-6-4-3-5-7-18)27-14-8-19(16-27)23-22(29)24-21-11-15-28(25-21)20-9-12-26(2)13-10-20/h3-7,11,15,17,19-20H,8-10,12-14,16H2,1-2H3,(H2,23,24,25,29). The number of aromatic nitrogens is 2. The zero-order valence-electron chi connectivity index (χ0n) is 17.4. The number of amides is 2. The molecule has 29 heavy (non-hydrogen) atoms. The van der Waals surface area contributed by atoms with Crippen molar-refractivity contribution in [2.75, 3.05) is 38.5 Å². The first-order valence-corrected chi connectivity index (χ1v) is 10.7. The maximum absolute atomic E-state index is 12.4. The van der Waals surface area contributed by atoms with Crippen LogP contribution >= 0.6 is 0 Å². The molecule has 3 heterocycles. The van der Waals surface area contributed by atoms with E-state index in [4.69, 9.17) is 0 Å². The number of nitrogens with zero attached hydrogens (tertiary/aromatic N) is 4. The first kappa shape index (κ1) is 19.9. The normalized spacial score (nSPS) is 22.5. The summed E-state index contributed by atoms with van der Waals surface area (Å²) in [6.07, 6.45) is 5.14. The van der Waals surface area contributed by atoms with Crippen molar-refractivity contribution in [1.29, 1.82) is 0 Å². The molecule has 156 valence electrons. The summed E-state index contributed by atoms with van der Waals surface area (Å²) in [5, 5.41) is 10.6. The second-order valence-electron chi connectivity index (χ2n) is 8.38. The van der Waals surface area contributed by atoms with Gasteiger partial charge in [0.1, 0.15) is 0 Å². The summed E-state index contributed by atoms with van der Waals surface area (Å²) in [4.78, 5) is 17.2. The van der Waals surface area contributed by atoms with Gasteiger partial charge in [0.25, 0.3) is 0 Å². The smallest absolute Gasteiger partial charge is 0.320 e. The summed E-state index contributed by atoms with van der Waals surface area (Å²) in [6.45, 7) is 6.27. The van der Waals surface area contributed by atoms with E-state index in [9.17, 15) is 4.79 Å². The van der Waals surface area contributed by atoms with E-state index >= 15 is 0 Å². The van der Waals surface area contributed by atoms with E-state index in [1.54, 1.807) is 0 Å². The monoisotopic (exact) mass is 396 g/mol. The molecule has 7 nitrogen and oxygen atoms in total. The Morgan fingerprint density at radius 2 is 1.86 bits per heavy atom. The molecule has 0 bridgehead atoms. The van der Waals surface area contributed by atoms with Crippen molar-refractivity contribution >= 4 is 11.8 Å². The van der Waals surface area contributed by atoms with Crippen LogP contribution in [0.25, 0.3) is 0 Å². The fourth-order valence-corrected chi connectivity index (χ4v) is 4.40. The number of nitrogens with one attached hydrogen (secondary N) is 2. The molecule has 0 radical (unpaired) electrons. The molecular formula is C22H32N6O. The molecule has 2 unspecified atom stereocenters. The zero-order chi connectivity index (χ0) is 20.2. The lowest BCUT2D eigenvalue weighted by Gasteiger charge is -2.28. The van der Waals surface area contributed by atoms with Crippen LogP contribution in [0.5, 0.6) is 0 Å².